The highest BCUT2D eigenvalue weighted by atomic mass is 16.2. The highest BCUT2D eigenvalue weighted by Gasteiger charge is 2.27. The summed E-state index contributed by atoms with van der Waals surface area (Å²) in [6.07, 6.45) is 0. The zero-order valence-corrected chi connectivity index (χ0v) is 9.01. The minimum atomic E-state index is -0.291. The maximum atomic E-state index is 11.7. The third kappa shape index (κ3) is 2.81. The van der Waals surface area contributed by atoms with Crippen molar-refractivity contribution in [2.45, 2.75) is 27.7 Å². The van der Waals surface area contributed by atoms with Crippen molar-refractivity contribution in [2.75, 3.05) is 20.6 Å². The third-order valence-electron chi connectivity index (χ3n) is 1.66. The van der Waals surface area contributed by atoms with Crippen molar-refractivity contribution in [1.29, 1.82) is 0 Å². The molecule has 0 N–H and O–H groups in total. The Balaban J connectivity index is 4.44. The Kier molecular flexibility index (Phi) is 3.71. The van der Waals surface area contributed by atoms with E-state index in [0.717, 1.165) is 6.54 Å². The van der Waals surface area contributed by atoms with E-state index in [1.807, 2.05) is 46.8 Å². The van der Waals surface area contributed by atoms with Crippen LogP contribution >= 0.6 is 0 Å². The van der Waals surface area contributed by atoms with Crippen molar-refractivity contribution in [2.24, 2.45) is 5.41 Å². The highest BCUT2D eigenvalue weighted by molar-refractivity contribution is 5.80. The van der Waals surface area contributed by atoms with Crippen LogP contribution in [0.3, 0.4) is 0 Å². The van der Waals surface area contributed by atoms with Gasteiger partial charge < -0.3 is 0 Å². The summed E-state index contributed by atoms with van der Waals surface area (Å²) >= 11 is 0. The van der Waals surface area contributed by atoms with Crippen molar-refractivity contribution in [3.8, 4) is 0 Å². The monoisotopic (exact) mass is 172 g/mol. The molecule has 0 aromatic carbocycles. The Morgan fingerprint density at radius 3 is 1.75 bits per heavy atom. The molecule has 72 valence electrons. The Bertz CT molecular complexity index is 158. The topological polar surface area (TPSA) is 23.6 Å². The van der Waals surface area contributed by atoms with Gasteiger partial charge in [0.2, 0.25) is 5.91 Å². The van der Waals surface area contributed by atoms with Gasteiger partial charge in [0.25, 0.3) is 0 Å². The number of carbonyl (C=O) groups excluding carboxylic acids is 1. The molecule has 1 amide bonds. The lowest BCUT2D eigenvalue weighted by molar-refractivity contribution is -0.153. The number of carbonyl (C=O) groups is 1. The Morgan fingerprint density at radius 1 is 1.25 bits per heavy atom. The van der Waals surface area contributed by atoms with Crippen LogP contribution in [0.2, 0.25) is 0 Å². The molecule has 3 nitrogen and oxygen atoms in total. The summed E-state index contributed by atoms with van der Waals surface area (Å²) in [4.78, 5) is 11.7. The summed E-state index contributed by atoms with van der Waals surface area (Å²) < 4.78 is 0. The molecule has 0 aromatic heterocycles. The molecule has 0 atom stereocenters. The molecule has 0 heterocycles. The molecule has 0 aromatic rings. The van der Waals surface area contributed by atoms with Crippen molar-refractivity contribution < 1.29 is 4.79 Å². The Labute approximate surface area is 75.3 Å². The zero-order valence-electron chi connectivity index (χ0n) is 9.01. The highest BCUT2D eigenvalue weighted by Crippen LogP contribution is 2.17. The van der Waals surface area contributed by atoms with E-state index in [-0.39, 0.29) is 11.3 Å². The first-order valence-corrected chi connectivity index (χ1v) is 4.30. The summed E-state index contributed by atoms with van der Waals surface area (Å²) in [5.74, 6) is 0.162. The second kappa shape index (κ2) is 3.90. The molecule has 0 aliphatic heterocycles. The van der Waals surface area contributed by atoms with Crippen LogP contribution in [0.5, 0.6) is 0 Å². The van der Waals surface area contributed by atoms with Crippen LogP contribution in [0.15, 0.2) is 0 Å². The van der Waals surface area contributed by atoms with E-state index in [1.54, 1.807) is 5.01 Å². The molecule has 0 bridgehead atoms. The molecule has 0 rings (SSSR count). The van der Waals surface area contributed by atoms with E-state index in [0.29, 0.717) is 0 Å². The third-order valence-corrected chi connectivity index (χ3v) is 1.66. The maximum Gasteiger partial charge on any atom is 0.242 e. The van der Waals surface area contributed by atoms with Gasteiger partial charge in [0.15, 0.2) is 0 Å². The van der Waals surface area contributed by atoms with Gasteiger partial charge in [0.05, 0.1) is 0 Å². The van der Waals surface area contributed by atoms with Crippen LogP contribution in [0.1, 0.15) is 27.7 Å². The summed E-state index contributed by atoms with van der Waals surface area (Å²) in [7, 11) is 3.76. The average Bonchev–Trinajstić information content (AvgIpc) is 1.86. The van der Waals surface area contributed by atoms with Crippen molar-refractivity contribution in [1.82, 2.24) is 10.0 Å². The molecule has 0 saturated heterocycles. The minimum absolute atomic E-state index is 0.162. The van der Waals surface area contributed by atoms with Gasteiger partial charge in [-0.15, -0.1) is 0 Å². The SMILES string of the molecule is CCN(C(=O)C(C)(C)C)N(C)C. The Hall–Kier alpha value is -0.570. The van der Waals surface area contributed by atoms with Gasteiger partial charge in [-0.2, -0.15) is 0 Å². The van der Waals surface area contributed by atoms with Gasteiger partial charge in [-0.3, -0.25) is 9.80 Å². The van der Waals surface area contributed by atoms with Crippen molar-refractivity contribution >= 4 is 5.91 Å². The standard InChI is InChI=1S/C9H20N2O/c1-7-11(10(5)6)8(12)9(2,3)4/h7H2,1-6H3. The minimum Gasteiger partial charge on any atom is -0.276 e. The molecule has 12 heavy (non-hydrogen) atoms. The summed E-state index contributed by atoms with van der Waals surface area (Å²) in [6, 6.07) is 0. The Morgan fingerprint density at radius 2 is 1.67 bits per heavy atom. The number of nitrogens with zero attached hydrogens (tertiary/aromatic N) is 2. The summed E-state index contributed by atoms with van der Waals surface area (Å²) in [5.41, 5.74) is -0.291. The van der Waals surface area contributed by atoms with Gasteiger partial charge in [-0.05, 0) is 6.92 Å². The fraction of sp³-hybridized carbons (Fsp3) is 0.889. The number of hydrogen-bond donors (Lipinski definition) is 0. The molecule has 0 spiro atoms. The average molecular weight is 172 g/mol. The maximum absolute atomic E-state index is 11.7. The van der Waals surface area contributed by atoms with Crippen LogP contribution < -0.4 is 0 Å². The van der Waals surface area contributed by atoms with Gasteiger partial charge in [-0.1, -0.05) is 20.8 Å². The number of amides is 1. The van der Waals surface area contributed by atoms with Gasteiger partial charge in [-0.25, -0.2) is 5.01 Å². The van der Waals surface area contributed by atoms with Crippen LogP contribution in [-0.4, -0.2) is 36.6 Å². The number of hydrogen-bond acceptors (Lipinski definition) is 2. The normalized spacial score (nSPS) is 11.9. The predicted molar refractivity (Wildman–Crippen MR) is 50.5 cm³/mol. The van der Waals surface area contributed by atoms with E-state index in [4.69, 9.17) is 0 Å². The van der Waals surface area contributed by atoms with E-state index < -0.39 is 0 Å². The number of rotatable bonds is 2. The van der Waals surface area contributed by atoms with Crippen LogP contribution in [0.25, 0.3) is 0 Å². The zero-order chi connectivity index (χ0) is 9.94. The first-order chi connectivity index (χ1) is 5.30. The first kappa shape index (κ1) is 11.4. The van der Waals surface area contributed by atoms with Gasteiger partial charge in [0.1, 0.15) is 0 Å². The van der Waals surface area contributed by atoms with E-state index in [9.17, 15) is 4.79 Å². The lowest BCUT2D eigenvalue weighted by Crippen LogP contribution is -2.47. The lowest BCUT2D eigenvalue weighted by atomic mass is 9.95. The van der Waals surface area contributed by atoms with Crippen LogP contribution in [0, 0.1) is 5.41 Å². The van der Waals surface area contributed by atoms with Crippen molar-refractivity contribution in [3.05, 3.63) is 0 Å². The largest absolute Gasteiger partial charge is 0.276 e. The van der Waals surface area contributed by atoms with E-state index in [2.05, 4.69) is 0 Å². The van der Waals surface area contributed by atoms with E-state index >= 15 is 0 Å². The quantitative estimate of drug-likeness (QED) is 0.587. The van der Waals surface area contributed by atoms with Gasteiger partial charge >= 0.3 is 0 Å². The molecule has 0 saturated carbocycles. The van der Waals surface area contributed by atoms with Crippen LogP contribution in [0.4, 0.5) is 0 Å². The molecule has 0 fully saturated rings. The predicted octanol–water partition coefficient (Wildman–Crippen LogP) is 1.36. The fourth-order valence-corrected chi connectivity index (χ4v) is 0.995. The first-order valence-electron chi connectivity index (χ1n) is 4.30. The summed E-state index contributed by atoms with van der Waals surface area (Å²) in [6.45, 7) is 8.50. The smallest absolute Gasteiger partial charge is 0.242 e. The number of hydrazine groups is 1. The molecule has 0 unspecified atom stereocenters. The molecule has 0 aliphatic rings. The summed E-state index contributed by atoms with van der Waals surface area (Å²) in [5, 5.41) is 3.56. The second-order valence-electron chi connectivity index (χ2n) is 4.12. The van der Waals surface area contributed by atoms with Gasteiger partial charge in [0, 0.05) is 26.1 Å². The molecule has 0 aliphatic carbocycles. The second-order valence-corrected chi connectivity index (χ2v) is 4.12. The van der Waals surface area contributed by atoms with E-state index in [1.165, 1.54) is 0 Å². The lowest BCUT2D eigenvalue weighted by Gasteiger charge is -2.33. The fourth-order valence-electron chi connectivity index (χ4n) is 0.995. The van der Waals surface area contributed by atoms with Crippen LogP contribution in [-0.2, 0) is 4.79 Å². The molecular formula is C9H20N2O. The molecule has 3 heteroatoms. The molecular weight excluding hydrogens is 152 g/mol. The molecule has 0 radical (unpaired) electrons. The van der Waals surface area contributed by atoms with Crippen molar-refractivity contribution in [3.63, 3.8) is 0 Å².